The van der Waals surface area contributed by atoms with Gasteiger partial charge < -0.3 is 4.90 Å². The van der Waals surface area contributed by atoms with Gasteiger partial charge >= 0.3 is 0 Å². The maximum absolute atomic E-state index is 2.47. The summed E-state index contributed by atoms with van der Waals surface area (Å²) in [6.07, 6.45) is 0. The first-order chi connectivity index (χ1) is 21.2. The van der Waals surface area contributed by atoms with Crippen molar-refractivity contribution in [2.75, 3.05) is 4.90 Å². The van der Waals surface area contributed by atoms with Crippen LogP contribution in [0.25, 0.3) is 33.4 Å². The first-order valence-corrected chi connectivity index (χ1v) is 15.7. The molecule has 6 aromatic rings. The predicted molar refractivity (Wildman–Crippen MR) is 186 cm³/mol. The van der Waals surface area contributed by atoms with Crippen LogP contribution in [0, 0.1) is 6.92 Å². The minimum absolute atomic E-state index is 0.0681. The topological polar surface area (TPSA) is 3.24 Å². The molecule has 2 aliphatic carbocycles. The molecule has 0 spiro atoms. The molecule has 0 N–H and O–H groups in total. The quantitative estimate of drug-likeness (QED) is 0.205. The van der Waals surface area contributed by atoms with E-state index in [1.54, 1.807) is 0 Å². The minimum Gasteiger partial charge on any atom is -0.310 e. The molecule has 0 aliphatic heterocycles. The zero-order chi connectivity index (χ0) is 30.2. The molecule has 0 bridgehead atoms. The first kappa shape index (κ1) is 26.7. The van der Waals surface area contributed by atoms with Gasteiger partial charge in [-0.05, 0) is 105 Å². The molecule has 0 radical (unpaired) electrons. The Morgan fingerprint density at radius 3 is 1.41 bits per heavy atom. The van der Waals surface area contributed by atoms with Crippen molar-refractivity contribution in [2.45, 2.75) is 45.4 Å². The second kappa shape index (κ2) is 9.56. The van der Waals surface area contributed by atoms with Crippen LogP contribution >= 0.6 is 0 Å². The van der Waals surface area contributed by atoms with Gasteiger partial charge in [0.1, 0.15) is 0 Å². The Bertz CT molecular complexity index is 1970. The van der Waals surface area contributed by atoms with E-state index in [2.05, 4.69) is 173 Å². The lowest BCUT2D eigenvalue weighted by atomic mass is 9.82. The van der Waals surface area contributed by atoms with E-state index in [0.717, 1.165) is 0 Å². The first-order valence-electron chi connectivity index (χ1n) is 15.7. The molecule has 6 aromatic carbocycles. The zero-order valence-corrected chi connectivity index (χ0v) is 26.1. The van der Waals surface area contributed by atoms with Gasteiger partial charge in [-0.3, -0.25) is 0 Å². The summed E-state index contributed by atoms with van der Waals surface area (Å²) in [6.45, 7) is 11.7. The zero-order valence-electron chi connectivity index (χ0n) is 26.1. The van der Waals surface area contributed by atoms with Crippen LogP contribution < -0.4 is 4.90 Å². The Morgan fingerprint density at radius 1 is 0.409 bits per heavy atom. The fraction of sp³-hybridized carbons (Fsp3) is 0.163. The molecular weight excluding hydrogens is 530 g/mol. The maximum Gasteiger partial charge on any atom is 0.0491 e. The minimum atomic E-state index is -0.0681. The number of aryl methyl sites for hydroxylation is 1. The van der Waals surface area contributed by atoms with Crippen LogP contribution in [0.4, 0.5) is 17.1 Å². The summed E-state index contributed by atoms with van der Waals surface area (Å²) in [6, 6.07) is 49.5. The third-order valence-corrected chi connectivity index (χ3v) is 10.2. The summed E-state index contributed by atoms with van der Waals surface area (Å²) in [4.78, 5) is 2.47. The van der Waals surface area contributed by atoms with E-state index in [-0.39, 0.29) is 10.8 Å². The van der Waals surface area contributed by atoms with E-state index in [0.29, 0.717) is 0 Å². The van der Waals surface area contributed by atoms with Crippen molar-refractivity contribution in [1.82, 2.24) is 0 Å². The third-order valence-electron chi connectivity index (χ3n) is 10.2. The van der Waals surface area contributed by atoms with Crippen molar-refractivity contribution in [3.05, 3.63) is 161 Å². The largest absolute Gasteiger partial charge is 0.310 e. The molecule has 0 heterocycles. The number of anilines is 3. The molecule has 0 saturated heterocycles. The maximum atomic E-state index is 2.47. The van der Waals surface area contributed by atoms with Crippen LogP contribution in [0.2, 0.25) is 0 Å². The van der Waals surface area contributed by atoms with Crippen molar-refractivity contribution in [3.8, 4) is 33.4 Å². The lowest BCUT2D eigenvalue weighted by molar-refractivity contribution is 0.660. The molecule has 0 amide bonds. The Hall–Kier alpha value is -4.88. The van der Waals surface area contributed by atoms with E-state index < -0.39 is 0 Å². The van der Waals surface area contributed by atoms with E-state index in [9.17, 15) is 0 Å². The molecule has 1 heteroatoms. The highest BCUT2D eigenvalue weighted by Gasteiger charge is 2.37. The molecule has 1 nitrogen and oxygen atoms in total. The molecule has 0 aromatic heterocycles. The fourth-order valence-electron chi connectivity index (χ4n) is 7.81. The highest BCUT2D eigenvalue weighted by atomic mass is 15.1. The van der Waals surface area contributed by atoms with Gasteiger partial charge in [-0.1, -0.05) is 125 Å². The van der Waals surface area contributed by atoms with E-state index in [1.165, 1.54) is 78.3 Å². The van der Waals surface area contributed by atoms with Gasteiger partial charge in [0.25, 0.3) is 0 Å². The lowest BCUT2D eigenvalue weighted by Crippen LogP contribution is -2.18. The van der Waals surface area contributed by atoms with Gasteiger partial charge in [0.15, 0.2) is 0 Å². The summed E-state index contributed by atoms with van der Waals surface area (Å²) < 4.78 is 0. The van der Waals surface area contributed by atoms with Crippen LogP contribution in [0.5, 0.6) is 0 Å². The van der Waals surface area contributed by atoms with Gasteiger partial charge in [-0.2, -0.15) is 0 Å². The Labute approximate surface area is 261 Å². The Kier molecular flexibility index (Phi) is 5.81. The van der Waals surface area contributed by atoms with E-state index in [4.69, 9.17) is 0 Å². The van der Waals surface area contributed by atoms with Crippen molar-refractivity contribution in [2.24, 2.45) is 0 Å². The molecule has 214 valence electrons. The fourth-order valence-corrected chi connectivity index (χ4v) is 7.81. The second-order valence-electron chi connectivity index (χ2n) is 13.5. The highest BCUT2D eigenvalue weighted by molar-refractivity contribution is 5.89. The summed E-state index contributed by atoms with van der Waals surface area (Å²) in [7, 11) is 0. The summed E-state index contributed by atoms with van der Waals surface area (Å²) in [5.41, 5.74) is 18.1. The van der Waals surface area contributed by atoms with Gasteiger partial charge in [0.05, 0.1) is 0 Å². The van der Waals surface area contributed by atoms with Crippen LogP contribution in [-0.2, 0) is 10.8 Å². The molecule has 0 unspecified atom stereocenters. The number of nitrogens with zero attached hydrogens (tertiary/aromatic N) is 1. The average molecular weight is 568 g/mol. The van der Waals surface area contributed by atoms with Crippen LogP contribution in [-0.4, -0.2) is 0 Å². The van der Waals surface area contributed by atoms with E-state index in [1.807, 2.05) is 0 Å². The van der Waals surface area contributed by atoms with Gasteiger partial charge in [0.2, 0.25) is 0 Å². The van der Waals surface area contributed by atoms with Crippen LogP contribution in [0.3, 0.4) is 0 Å². The molecule has 2 aliphatic rings. The lowest BCUT2D eigenvalue weighted by Gasteiger charge is -2.31. The smallest absolute Gasteiger partial charge is 0.0491 e. The van der Waals surface area contributed by atoms with Crippen molar-refractivity contribution in [3.63, 3.8) is 0 Å². The highest BCUT2D eigenvalue weighted by Crippen LogP contribution is 2.53. The monoisotopic (exact) mass is 567 g/mol. The molecule has 44 heavy (non-hydrogen) atoms. The summed E-state index contributed by atoms with van der Waals surface area (Å²) >= 11 is 0. The normalized spacial score (nSPS) is 14.8. The summed E-state index contributed by atoms with van der Waals surface area (Å²) in [5.74, 6) is 0. The molecule has 8 rings (SSSR count). The Morgan fingerprint density at radius 2 is 0.886 bits per heavy atom. The van der Waals surface area contributed by atoms with Gasteiger partial charge in [-0.25, -0.2) is 0 Å². The number of benzene rings is 6. The summed E-state index contributed by atoms with van der Waals surface area (Å²) in [5, 5.41) is 0. The standard InChI is InChI=1S/C43H37N/c1-28-25-30(29-13-7-6-8-14-29)19-24-41(28)44(31-20-22-35-33-15-9-11-17-37(33)42(2,3)39(35)26-31)32-21-23-36-34-16-10-12-18-38(34)43(4,5)40(36)27-32/h6-27H,1-5H3. The molecular formula is C43H37N. The van der Waals surface area contributed by atoms with Gasteiger partial charge in [0, 0.05) is 27.9 Å². The molecule has 0 saturated carbocycles. The number of hydrogen-bond acceptors (Lipinski definition) is 1. The average Bonchev–Trinajstić information content (AvgIpc) is 3.42. The van der Waals surface area contributed by atoms with Crippen molar-refractivity contribution < 1.29 is 0 Å². The number of rotatable bonds is 4. The predicted octanol–water partition coefficient (Wildman–Crippen LogP) is 11.7. The van der Waals surface area contributed by atoms with Crippen LogP contribution in [0.1, 0.15) is 55.5 Å². The number of fused-ring (bicyclic) bond motifs is 6. The van der Waals surface area contributed by atoms with Crippen LogP contribution in [0.15, 0.2) is 133 Å². The van der Waals surface area contributed by atoms with Gasteiger partial charge in [-0.15, -0.1) is 0 Å². The van der Waals surface area contributed by atoms with Crippen molar-refractivity contribution >= 4 is 17.1 Å². The molecule has 0 fully saturated rings. The number of hydrogen-bond donors (Lipinski definition) is 0. The van der Waals surface area contributed by atoms with Crippen molar-refractivity contribution in [1.29, 1.82) is 0 Å². The second-order valence-corrected chi connectivity index (χ2v) is 13.5. The third kappa shape index (κ3) is 3.85. The van der Waals surface area contributed by atoms with E-state index >= 15 is 0 Å². The SMILES string of the molecule is Cc1cc(-c2ccccc2)ccc1N(c1ccc2c(c1)C(C)(C)c1ccccc1-2)c1ccc2c(c1)C(C)(C)c1ccccc1-2. The Balaban J connectivity index is 1.32. The molecule has 0 atom stereocenters.